The lowest BCUT2D eigenvalue weighted by atomic mass is 9.90. The third-order valence-corrected chi connectivity index (χ3v) is 4.61. The second kappa shape index (κ2) is 9.22. The molecule has 1 fully saturated rings. The van der Waals surface area contributed by atoms with Crippen LogP contribution in [0.3, 0.4) is 0 Å². The number of fused-ring (bicyclic) bond motifs is 1. The van der Waals surface area contributed by atoms with E-state index < -0.39 is 5.92 Å². The third-order valence-electron chi connectivity index (χ3n) is 4.61. The molecule has 1 atom stereocenters. The molecule has 1 aromatic heterocycles. The highest BCUT2D eigenvalue weighted by molar-refractivity contribution is 6.02. The standard InChI is InChI=1S/C20H23N3O6/c1-12(24)21-7-2-8-22-19(26)11-28-13-3-5-17-15(9-13)16(10-29-17)14-4-6-18(25)23-20(14)27/h3,5,9-10,14H,2,4,6-8,11H2,1H3,(H,21,24)(H,22,26)(H,23,25,27). The largest absolute Gasteiger partial charge is 0.484 e. The zero-order valence-electron chi connectivity index (χ0n) is 16.1. The fourth-order valence-electron chi connectivity index (χ4n) is 3.16. The Bertz CT molecular complexity index is 935. The molecule has 1 aliphatic heterocycles. The molecule has 1 saturated heterocycles. The summed E-state index contributed by atoms with van der Waals surface area (Å²) in [6.07, 6.45) is 2.85. The van der Waals surface area contributed by atoms with Crippen LogP contribution in [-0.4, -0.2) is 43.3 Å². The van der Waals surface area contributed by atoms with Gasteiger partial charge in [-0.2, -0.15) is 0 Å². The van der Waals surface area contributed by atoms with Crippen LogP contribution < -0.4 is 20.7 Å². The lowest BCUT2D eigenvalue weighted by Gasteiger charge is -2.19. The Balaban J connectivity index is 1.57. The minimum Gasteiger partial charge on any atom is -0.484 e. The Morgan fingerprint density at radius 3 is 2.79 bits per heavy atom. The number of hydrogen-bond donors (Lipinski definition) is 3. The molecule has 29 heavy (non-hydrogen) atoms. The molecular weight excluding hydrogens is 378 g/mol. The number of rotatable bonds is 8. The second-order valence-corrected chi connectivity index (χ2v) is 6.83. The van der Waals surface area contributed by atoms with Crippen molar-refractivity contribution in [3.05, 3.63) is 30.0 Å². The fraction of sp³-hybridized carbons (Fsp3) is 0.400. The maximum absolute atomic E-state index is 12.2. The zero-order valence-corrected chi connectivity index (χ0v) is 16.1. The molecule has 3 N–H and O–H groups in total. The Hall–Kier alpha value is -3.36. The summed E-state index contributed by atoms with van der Waals surface area (Å²) in [5.41, 5.74) is 1.29. The van der Waals surface area contributed by atoms with Gasteiger partial charge in [-0.25, -0.2) is 0 Å². The van der Waals surface area contributed by atoms with Gasteiger partial charge >= 0.3 is 0 Å². The molecule has 3 rings (SSSR count). The van der Waals surface area contributed by atoms with Gasteiger partial charge in [-0.3, -0.25) is 24.5 Å². The first-order valence-corrected chi connectivity index (χ1v) is 9.43. The zero-order chi connectivity index (χ0) is 20.8. The topological polar surface area (TPSA) is 127 Å². The average Bonchev–Trinajstić information content (AvgIpc) is 3.09. The minimum absolute atomic E-state index is 0.106. The predicted octanol–water partition coefficient (Wildman–Crippen LogP) is 0.974. The van der Waals surface area contributed by atoms with Crippen molar-refractivity contribution in [2.45, 2.75) is 32.1 Å². The van der Waals surface area contributed by atoms with E-state index in [4.69, 9.17) is 9.15 Å². The molecule has 154 valence electrons. The van der Waals surface area contributed by atoms with E-state index in [9.17, 15) is 19.2 Å². The number of carbonyl (C=O) groups excluding carboxylic acids is 4. The lowest BCUT2D eigenvalue weighted by molar-refractivity contribution is -0.134. The van der Waals surface area contributed by atoms with Gasteiger partial charge in [-0.15, -0.1) is 0 Å². The molecule has 0 aliphatic carbocycles. The van der Waals surface area contributed by atoms with Crippen LogP contribution in [0.5, 0.6) is 5.75 Å². The number of amides is 4. The second-order valence-electron chi connectivity index (χ2n) is 6.83. The van der Waals surface area contributed by atoms with Gasteiger partial charge in [0.2, 0.25) is 17.7 Å². The van der Waals surface area contributed by atoms with Gasteiger partial charge in [0.25, 0.3) is 5.91 Å². The van der Waals surface area contributed by atoms with Crippen LogP contribution in [0.2, 0.25) is 0 Å². The molecule has 1 aliphatic rings. The molecule has 1 aromatic carbocycles. The van der Waals surface area contributed by atoms with Crippen molar-refractivity contribution < 1.29 is 28.3 Å². The van der Waals surface area contributed by atoms with E-state index in [2.05, 4.69) is 16.0 Å². The maximum Gasteiger partial charge on any atom is 0.257 e. The van der Waals surface area contributed by atoms with E-state index >= 15 is 0 Å². The molecule has 9 heteroatoms. The van der Waals surface area contributed by atoms with E-state index in [1.54, 1.807) is 18.2 Å². The number of carbonyl (C=O) groups is 4. The number of hydrogen-bond acceptors (Lipinski definition) is 6. The highest BCUT2D eigenvalue weighted by Gasteiger charge is 2.30. The number of benzene rings is 1. The average molecular weight is 401 g/mol. The van der Waals surface area contributed by atoms with Crippen molar-refractivity contribution in [3.8, 4) is 5.75 Å². The molecule has 4 amide bonds. The molecule has 0 saturated carbocycles. The van der Waals surface area contributed by atoms with Crippen molar-refractivity contribution in [2.24, 2.45) is 0 Å². The normalized spacial score (nSPS) is 16.4. The molecule has 9 nitrogen and oxygen atoms in total. The number of piperidine rings is 1. The van der Waals surface area contributed by atoms with E-state index in [0.29, 0.717) is 48.2 Å². The Labute approximate surface area is 167 Å². The Kier molecular flexibility index (Phi) is 6.48. The fourth-order valence-corrected chi connectivity index (χ4v) is 3.16. The number of imide groups is 1. The molecule has 2 heterocycles. The first kappa shape index (κ1) is 20.4. The van der Waals surface area contributed by atoms with Crippen molar-refractivity contribution in [2.75, 3.05) is 19.7 Å². The predicted molar refractivity (Wildman–Crippen MR) is 103 cm³/mol. The first-order valence-electron chi connectivity index (χ1n) is 9.43. The number of nitrogens with one attached hydrogen (secondary N) is 3. The highest BCUT2D eigenvalue weighted by Crippen LogP contribution is 2.34. The number of furan rings is 1. The SMILES string of the molecule is CC(=O)NCCCNC(=O)COc1ccc2occ(C3CCC(=O)NC3=O)c2c1. The Morgan fingerprint density at radius 2 is 2.03 bits per heavy atom. The molecule has 1 unspecified atom stereocenters. The summed E-state index contributed by atoms with van der Waals surface area (Å²) in [6.45, 7) is 2.21. The van der Waals surface area contributed by atoms with Crippen LogP contribution in [0.25, 0.3) is 11.0 Å². The van der Waals surface area contributed by atoms with Gasteiger partial charge in [-0.1, -0.05) is 0 Å². The van der Waals surface area contributed by atoms with E-state index in [-0.39, 0.29) is 36.7 Å². The van der Waals surface area contributed by atoms with Gasteiger partial charge in [0.15, 0.2) is 6.61 Å². The summed E-state index contributed by atoms with van der Waals surface area (Å²) >= 11 is 0. The Morgan fingerprint density at radius 1 is 1.24 bits per heavy atom. The van der Waals surface area contributed by atoms with Crippen LogP contribution >= 0.6 is 0 Å². The molecule has 0 spiro atoms. The van der Waals surface area contributed by atoms with Crippen molar-refractivity contribution in [1.82, 2.24) is 16.0 Å². The summed E-state index contributed by atoms with van der Waals surface area (Å²) in [6, 6.07) is 5.12. The summed E-state index contributed by atoms with van der Waals surface area (Å²) in [5.74, 6) is -0.978. The molecule has 0 radical (unpaired) electrons. The quantitative estimate of drug-likeness (QED) is 0.447. The first-order chi connectivity index (χ1) is 13.9. The van der Waals surface area contributed by atoms with Crippen LogP contribution in [0, 0.1) is 0 Å². The smallest absolute Gasteiger partial charge is 0.257 e. The molecule has 2 aromatic rings. The summed E-state index contributed by atoms with van der Waals surface area (Å²) in [5, 5.41) is 8.43. The van der Waals surface area contributed by atoms with E-state index in [1.165, 1.54) is 13.2 Å². The van der Waals surface area contributed by atoms with Crippen LogP contribution in [-0.2, 0) is 19.2 Å². The van der Waals surface area contributed by atoms with Gasteiger partial charge in [0.1, 0.15) is 11.3 Å². The summed E-state index contributed by atoms with van der Waals surface area (Å²) < 4.78 is 11.1. The molecular formula is C20H23N3O6. The van der Waals surface area contributed by atoms with E-state index in [0.717, 1.165) is 0 Å². The van der Waals surface area contributed by atoms with Crippen molar-refractivity contribution in [3.63, 3.8) is 0 Å². The van der Waals surface area contributed by atoms with Gasteiger partial charge in [-0.05, 0) is 31.0 Å². The van der Waals surface area contributed by atoms with Gasteiger partial charge < -0.3 is 19.8 Å². The molecule has 0 bridgehead atoms. The van der Waals surface area contributed by atoms with E-state index in [1.807, 2.05) is 0 Å². The number of ether oxygens (including phenoxy) is 1. The third kappa shape index (κ3) is 5.34. The van der Waals surface area contributed by atoms with Crippen molar-refractivity contribution >= 4 is 34.6 Å². The summed E-state index contributed by atoms with van der Waals surface area (Å²) in [4.78, 5) is 46.2. The minimum atomic E-state index is -0.462. The van der Waals surface area contributed by atoms with Crippen LogP contribution in [0.15, 0.2) is 28.9 Å². The van der Waals surface area contributed by atoms with Crippen LogP contribution in [0.4, 0.5) is 0 Å². The lowest BCUT2D eigenvalue weighted by Crippen LogP contribution is -2.39. The van der Waals surface area contributed by atoms with Crippen LogP contribution in [0.1, 0.15) is 37.7 Å². The van der Waals surface area contributed by atoms with Gasteiger partial charge in [0.05, 0.1) is 12.2 Å². The van der Waals surface area contributed by atoms with Crippen molar-refractivity contribution in [1.29, 1.82) is 0 Å². The monoisotopic (exact) mass is 401 g/mol. The summed E-state index contributed by atoms with van der Waals surface area (Å²) in [7, 11) is 0. The van der Waals surface area contributed by atoms with Gasteiger partial charge in [0, 0.05) is 37.4 Å². The maximum atomic E-state index is 12.2. The highest BCUT2D eigenvalue weighted by atomic mass is 16.5.